The zero-order chi connectivity index (χ0) is 13.1. The van der Waals surface area contributed by atoms with Crippen LogP contribution in [0.4, 0.5) is 11.5 Å². The first-order valence-corrected chi connectivity index (χ1v) is 5.97. The lowest BCUT2D eigenvalue weighted by Crippen LogP contribution is -2.41. The van der Waals surface area contributed by atoms with Gasteiger partial charge >= 0.3 is 0 Å². The average molecular weight is 249 g/mol. The third-order valence-electron chi connectivity index (χ3n) is 3.24. The second-order valence-corrected chi connectivity index (χ2v) is 4.42. The Balaban J connectivity index is 2.30. The summed E-state index contributed by atoms with van der Waals surface area (Å²) in [5, 5.41) is 10.7. The molecule has 0 aliphatic carbocycles. The monoisotopic (exact) mass is 249 g/mol. The maximum Gasteiger partial charge on any atom is 0.290 e. The summed E-state index contributed by atoms with van der Waals surface area (Å²) >= 11 is 0. The van der Waals surface area contributed by atoms with E-state index in [1.807, 2.05) is 4.90 Å². The molecule has 0 bridgehead atoms. The van der Waals surface area contributed by atoms with Crippen LogP contribution in [0.3, 0.4) is 0 Å². The molecule has 6 heteroatoms. The van der Waals surface area contributed by atoms with Crippen molar-refractivity contribution in [3.63, 3.8) is 0 Å². The first-order valence-electron chi connectivity index (χ1n) is 5.97. The zero-order valence-electron chi connectivity index (χ0n) is 10.2. The van der Waals surface area contributed by atoms with Crippen LogP contribution in [0.2, 0.25) is 0 Å². The van der Waals surface area contributed by atoms with Gasteiger partial charge in [0.1, 0.15) is 17.8 Å². The molecule has 1 aromatic heterocycles. The molecule has 0 spiro atoms. The molecule has 96 valence electrons. The highest BCUT2D eigenvalue weighted by Crippen LogP contribution is 2.25. The van der Waals surface area contributed by atoms with Crippen molar-refractivity contribution in [3.05, 3.63) is 27.9 Å². The van der Waals surface area contributed by atoms with Gasteiger partial charge in [0.25, 0.3) is 5.69 Å². The molecule has 0 amide bonds. The lowest BCUT2D eigenvalue weighted by Gasteiger charge is -2.33. The van der Waals surface area contributed by atoms with Crippen LogP contribution in [-0.4, -0.2) is 28.8 Å². The largest absolute Gasteiger partial charge is 0.347 e. The second kappa shape index (κ2) is 5.12. The van der Waals surface area contributed by atoms with E-state index in [0.717, 1.165) is 32.1 Å². The van der Waals surface area contributed by atoms with Gasteiger partial charge < -0.3 is 9.69 Å². The summed E-state index contributed by atoms with van der Waals surface area (Å²) in [5.41, 5.74) is 0.395. The van der Waals surface area contributed by atoms with Gasteiger partial charge in [-0.25, -0.2) is 4.98 Å². The number of pyridine rings is 1. The highest BCUT2D eigenvalue weighted by atomic mass is 16.6. The summed E-state index contributed by atoms with van der Waals surface area (Å²) < 4.78 is 0. The van der Waals surface area contributed by atoms with Crippen LogP contribution < -0.4 is 4.90 Å². The molecule has 2 rings (SSSR count). The Morgan fingerprint density at radius 2 is 2.28 bits per heavy atom. The molecule has 1 unspecified atom stereocenters. The van der Waals surface area contributed by atoms with Crippen LogP contribution in [0.1, 0.15) is 25.0 Å². The number of piperidine rings is 1. The van der Waals surface area contributed by atoms with E-state index in [4.69, 9.17) is 0 Å². The topological polar surface area (TPSA) is 76.3 Å². The fraction of sp³-hybridized carbons (Fsp3) is 0.500. The summed E-state index contributed by atoms with van der Waals surface area (Å²) in [5.74, 6) is 0.648. The SMILES string of the molecule is Cc1nc(N2CCCCC2C=O)ccc1[N+](=O)[O-]. The van der Waals surface area contributed by atoms with Gasteiger partial charge in [-0.2, -0.15) is 0 Å². The van der Waals surface area contributed by atoms with Crippen molar-refractivity contribution < 1.29 is 9.72 Å². The first-order chi connectivity index (χ1) is 8.63. The smallest absolute Gasteiger partial charge is 0.290 e. The Kier molecular flexibility index (Phi) is 3.55. The van der Waals surface area contributed by atoms with E-state index >= 15 is 0 Å². The number of aromatic nitrogens is 1. The molecular formula is C12H15N3O3. The number of hydrogen-bond donors (Lipinski definition) is 0. The molecule has 1 saturated heterocycles. The number of anilines is 1. The van der Waals surface area contributed by atoms with Crippen LogP contribution in [0.15, 0.2) is 12.1 Å². The predicted molar refractivity (Wildman–Crippen MR) is 66.7 cm³/mol. The molecule has 0 N–H and O–H groups in total. The fourth-order valence-electron chi connectivity index (χ4n) is 2.28. The Hall–Kier alpha value is -1.98. The van der Waals surface area contributed by atoms with E-state index < -0.39 is 4.92 Å². The minimum absolute atomic E-state index is 0.0124. The summed E-state index contributed by atoms with van der Waals surface area (Å²) in [6.07, 6.45) is 3.80. The number of aldehydes is 1. The maximum atomic E-state index is 11.0. The van der Waals surface area contributed by atoms with Crippen LogP contribution in [0.5, 0.6) is 0 Å². The molecule has 0 saturated carbocycles. The average Bonchev–Trinajstić information content (AvgIpc) is 2.38. The van der Waals surface area contributed by atoms with Crippen molar-refractivity contribution in [2.24, 2.45) is 0 Å². The van der Waals surface area contributed by atoms with Gasteiger partial charge in [0.15, 0.2) is 0 Å². The molecular weight excluding hydrogens is 234 g/mol. The molecule has 1 aliphatic rings. The quantitative estimate of drug-likeness (QED) is 0.464. The van der Waals surface area contributed by atoms with Gasteiger partial charge in [0, 0.05) is 12.6 Å². The predicted octanol–water partition coefficient (Wildman–Crippen LogP) is 1.86. The normalized spacial score (nSPS) is 19.6. The van der Waals surface area contributed by atoms with Gasteiger partial charge in [0.2, 0.25) is 0 Å². The third-order valence-corrected chi connectivity index (χ3v) is 3.24. The Morgan fingerprint density at radius 3 is 2.89 bits per heavy atom. The van der Waals surface area contributed by atoms with Gasteiger partial charge in [-0.15, -0.1) is 0 Å². The van der Waals surface area contributed by atoms with E-state index in [9.17, 15) is 14.9 Å². The van der Waals surface area contributed by atoms with Crippen LogP contribution in [0, 0.1) is 17.0 Å². The van der Waals surface area contributed by atoms with Crippen LogP contribution in [0.25, 0.3) is 0 Å². The number of hydrogen-bond acceptors (Lipinski definition) is 5. The van der Waals surface area contributed by atoms with Crippen molar-refractivity contribution >= 4 is 17.8 Å². The highest BCUT2D eigenvalue weighted by Gasteiger charge is 2.24. The summed E-state index contributed by atoms with van der Waals surface area (Å²) in [4.78, 5) is 27.5. The lowest BCUT2D eigenvalue weighted by molar-refractivity contribution is -0.385. The van der Waals surface area contributed by atoms with E-state index in [0.29, 0.717) is 11.5 Å². The second-order valence-electron chi connectivity index (χ2n) is 4.42. The third kappa shape index (κ3) is 2.32. The minimum atomic E-state index is -0.445. The van der Waals surface area contributed by atoms with Crippen molar-refractivity contribution in [2.75, 3.05) is 11.4 Å². The summed E-state index contributed by atoms with van der Waals surface area (Å²) in [6, 6.07) is 2.91. The molecule has 2 heterocycles. The maximum absolute atomic E-state index is 11.0. The molecule has 1 atom stereocenters. The van der Waals surface area contributed by atoms with E-state index in [-0.39, 0.29) is 11.7 Å². The van der Waals surface area contributed by atoms with Gasteiger partial charge in [-0.1, -0.05) is 0 Å². The Morgan fingerprint density at radius 1 is 1.50 bits per heavy atom. The minimum Gasteiger partial charge on any atom is -0.347 e. The number of nitro groups is 1. The van der Waals surface area contributed by atoms with Crippen molar-refractivity contribution in [2.45, 2.75) is 32.2 Å². The number of rotatable bonds is 3. The molecule has 1 fully saturated rings. The van der Waals surface area contributed by atoms with Crippen molar-refractivity contribution in [1.82, 2.24) is 4.98 Å². The van der Waals surface area contributed by atoms with E-state index in [1.54, 1.807) is 13.0 Å². The fourth-order valence-corrected chi connectivity index (χ4v) is 2.28. The molecule has 1 aromatic rings. The van der Waals surface area contributed by atoms with Gasteiger partial charge in [-0.05, 0) is 32.3 Å². The molecule has 1 aliphatic heterocycles. The highest BCUT2D eigenvalue weighted by molar-refractivity contribution is 5.65. The number of carbonyl (C=O) groups excluding carboxylic acids is 1. The van der Waals surface area contributed by atoms with Crippen LogP contribution in [-0.2, 0) is 4.79 Å². The van der Waals surface area contributed by atoms with Crippen LogP contribution >= 0.6 is 0 Å². The first kappa shape index (κ1) is 12.5. The number of carbonyl (C=O) groups is 1. The standard InChI is InChI=1S/C12H15N3O3/c1-9-11(15(17)18)5-6-12(13-9)14-7-3-2-4-10(14)8-16/h5-6,8,10H,2-4,7H2,1H3. The summed E-state index contributed by atoms with van der Waals surface area (Å²) in [7, 11) is 0. The zero-order valence-corrected chi connectivity index (χ0v) is 10.2. The molecule has 0 radical (unpaired) electrons. The van der Waals surface area contributed by atoms with Gasteiger partial charge in [0.05, 0.1) is 11.0 Å². The molecule has 18 heavy (non-hydrogen) atoms. The van der Waals surface area contributed by atoms with Crippen molar-refractivity contribution in [3.8, 4) is 0 Å². The number of nitrogens with zero attached hydrogens (tertiary/aromatic N) is 3. The van der Waals surface area contributed by atoms with E-state index in [1.165, 1.54) is 6.07 Å². The molecule has 6 nitrogen and oxygen atoms in total. The Labute approximate surface area is 105 Å². The Bertz CT molecular complexity index is 476. The van der Waals surface area contributed by atoms with E-state index in [2.05, 4.69) is 4.98 Å². The summed E-state index contributed by atoms with van der Waals surface area (Å²) in [6.45, 7) is 2.38. The van der Waals surface area contributed by atoms with Crippen molar-refractivity contribution in [1.29, 1.82) is 0 Å². The molecule has 0 aromatic carbocycles. The lowest BCUT2D eigenvalue weighted by atomic mass is 10.0. The van der Waals surface area contributed by atoms with Gasteiger partial charge in [-0.3, -0.25) is 10.1 Å². The number of aryl methyl sites for hydroxylation is 1.